The van der Waals surface area contributed by atoms with E-state index in [0.29, 0.717) is 17.4 Å². The molecule has 1 heterocycles. The Kier molecular flexibility index (Phi) is 3.57. The standard InChI is InChI=1S/C13H13NO3/c1-16-12-5-6-13(14-8-12)17-11-4-2-3-10(7-11)9-15/h2-8,15H,9H2,1H3. The molecule has 0 spiro atoms. The fraction of sp³-hybridized carbons (Fsp3) is 0.154. The van der Waals surface area contributed by atoms with Gasteiger partial charge in [-0.1, -0.05) is 12.1 Å². The Labute approximate surface area is 99.5 Å². The van der Waals surface area contributed by atoms with Crippen molar-refractivity contribution in [2.75, 3.05) is 7.11 Å². The molecule has 4 nitrogen and oxygen atoms in total. The van der Waals surface area contributed by atoms with E-state index in [1.54, 1.807) is 31.5 Å². The lowest BCUT2D eigenvalue weighted by atomic mass is 10.2. The van der Waals surface area contributed by atoms with Gasteiger partial charge in [0.2, 0.25) is 5.88 Å². The highest BCUT2D eigenvalue weighted by Crippen LogP contribution is 2.21. The lowest BCUT2D eigenvalue weighted by Gasteiger charge is -2.06. The van der Waals surface area contributed by atoms with Crippen molar-refractivity contribution < 1.29 is 14.6 Å². The van der Waals surface area contributed by atoms with Crippen LogP contribution in [0.1, 0.15) is 5.56 Å². The van der Waals surface area contributed by atoms with Crippen LogP contribution in [0.5, 0.6) is 17.4 Å². The molecule has 0 fully saturated rings. The van der Waals surface area contributed by atoms with Gasteiger partial charge < -0.3 is 14.6 Å². The second-order valence-electron chi connectivity index (χ2n) is 3.44. The van der Waals surface area contributed by atoms with E-state index in [4.69, 9.17) is 14.6 Å². The maximum absolute atomic E-state index is 9.01. The molecule has 0 amide bonds. The molecule has 88 valence electrons. The van der Waals surface area contributed by atoms with Crippen molar-refractivity contribution in [3.63, 3.8) is 0 Å². The first-order valence-electron chi connectivity index (χ1n) is 5.19. The molecule has 0 aliphatic rings. The molecule has 0 aliphatic heterocycles. The minimum Gasteiger partial charge on any atom is -0.495 e. The molecule has 1 aromatic heterocycles. The van der Waals surface area contributed by atoms with Crippen LogP contribution >= 0.6 is 0 Å². The van der Waals surface area contributed by atoms with Crippen molar-refractivity contribution in [1.82, 2.24) is 4.98 Å². The SMILES string of the molecule is COc1ccc(Oc2cccc(CO)c2)nc1. The zero-order valence-corrected chi connectivity index (χ0v) is 9.46. The Bertz CT molecular complexity index is 482. The quantitative estimate of drug-likeness (QED) is 0.877. The predicted octanol–water partition coefficient (Wildman–Crippen LogP) is 2.37. The van der Waals surface area contributed by atoms with Crippen molar-refractivity contribution in [2.24, 2.45) is 0 Å². The van der Waals surface area contributed by atoms with Crippen LogP contribution in [0.15, 0.2) is 42.6 Å². The van der Waals surface area contributed by atoms with Gasteiger partial charge in [-0.2, -0.15) is 0 Å². The number of hydrogen-bond donors (Lipinski definition) is 1. The third-order valence-electron chi connectivity index (χ3n) is 2.25. The maximum Gasteiger partial charge on any atom is 0.219 e. The van der Waals surface area contributed by atoms with Gasteiger partial charge in [0.1, 0.15) is 11.5 Å². The lowest BCUT2D eigenvalue weighted by Crippen LogP contribution is -1.90. The van der Waals surface area contributed by atoms with Crippen LogP contribution in [0.3, 0.4) is 0 Å². The summed E-state index contributed by atoms with van der Waals surface area (Å²) < 4.78 is 10.5. The molecule has 17 heavy (non-hydrogen) atoms. The summed E-state index contributed by atoms with van der Waals surface area (Å²) in [7, 11) is 1.59. The molecule has 0 saturated heterocycles. The van der Waals surface area contributed by atoms with E-state index in [-0.39, 0.29) is 6.61 Å². The highest BCUT2D eigenvalue weighted by atomic mass is 16.5. The van der Waals surface area contributed by atoms with E-state index in [1.807, 2.05) is 18.2 Å². The smallest absolute Gasteiger partial charge is 0.219 e. The van der Waals surface area contributed by atoms with Gasteiger partial charge in [0.25, 0.3) is 0 Å². The van der Waals surface area contributed by atoms with E-state index < -0.39 is 0 Å². The zero-order valence-electron chi connectivity index (χ0n) is 9.46. The molecule has 0 atom stereocenters. The number of ether oxygens (including phenoxy) is 2. The number of rotatable bonds is 4. The average molecular weight is 231 g/mol. The van der Waals surface area contributed by atoms with Crippen LogP contribution in [0.25, 0.3) is 0 Å². The Morgan fingerprint density at radius 1 is 1.18 bits per heavy atom. The summed E-state index contributed by atoms with van der Waals surface area (Å²) in [4.78, 5) is 4.09. The van der Waals surface area contributed by atoms with Crippen molar-refractivity contribution >= 4 is 0 Å². The van der Waals surface area contributed by atoms with Gasteiger partial charge in [-0.25, -0.2) is 4.98 Å². The molecule has 0 radical (unpaired) electrons. The van der Waals surface area contributed by atoms with Gasteiger partial charge in [0, 0.05) is 6.07 Å². The van der Waals surface area contributed by atoms with Crippen molar-refractivity contribution in [1.29, 1.82) is 0 Å². The van der Waals surface area contributed by atoms with Gasteiger partial charge in [-0.05, 0) is 23.8 Å². The summed E-state index contributed by atoms with van der Waals surface area (Å²) in [5.41, 5.74) is 0.802. The summed E-state index contributed by atoms with van der Waals surface area (Å²) in [6.45, 7) is -0.00671. The molecular weight excluding hydrogens is 218 g/mol. The van der Waals surface area contributed by atoms with Gasteiger partial charge in [0.15, 0.2) is 0 Å². The van der Waals surface area contributed by atoms with Crippen LogP contribution in [-0.4, -0.2) is 17.2 Å². The maximum atomic E-state index is 9.01. The van der Waals surface area contributed by atoms with Crippen LogP contribution in [0.4, 0.5) is 0 Å². The van der Waals surface area contributed by atoms with Crippen molar-refractivity contribution in [2.45, 2.75) is 6.61 Å². The molecule has 1 aromatic carbocycles. The minimum absolute atomic E-state index is 0.00671. The average Bonchev–Trinajstić information content (AvgIpc) is 2.40. The number of aliphatic hydroxyl groups is 1. The van der Waals surface area contributed by atoms with Crippen LogP contribution in [0, 0.1) is 0 Å². The summed E-state index contributed by atoms with van der Waals surface area (Å²) >= 11 is 0. The Balaban J connectivity index is 2.13. The normalized spacial score (nSPS) is 10.0. The summed E-state index contributed by atoms with van der Waals surface area (Å²) in [6.07, 6.45) is 1.59. The third-order valence-corrected chi connectivity index (χ3v) is 2.25. The fourth-order valence-electron chi connectivity index (χ4n) is 1.38. The molecule has 2 rings (SSSR count). The molecule has 1 N–H and O–H groups in total. The van der Waals surface area contributed by atoms with Crippen LogP contribution < -0.4 is 9.47 Å². The van der Waals surface area contributed by atoms with Crippen LogP contribution in [0.2, 0.25) is 0 Å². The van der Waals surface area contributed by atoms with Gasteiger partial charge in [-0.15, -0.1) is 0 Å². The van der Waals surface area contributed by atoms with Gasteiger partial charge in [-0.3, -0.25) is 0 Å². The number of methoxy groups -OCH3 is 1. The fourth-order valence-corrected chi connectivity index (χ4v) is 1.38. The number of hydrogen-bond acceptors (Lipinski definition) is 4. The number of benzene rings is 1. The topological polar surface area (TPSA) is 51.6 Å². The largest absolute Gasteiger partial charge is 0.495 e. The second-order valence-corrected chi connectivity index (χ2v) is 3.44. The molecule has 4 heteroatoms. The van der Waals surface area contributed by atoms with Gasteiger partial charge in [0.05, 0.1) is 19.9 Å². The lowest BCUT2D eigenvalue weighted by molar-refractivity contribution is 0.281. The van der Waals surface area contributed by atoms with Crippen LogP contribution in [-0.2, 0) is 6.61 Å². The number of pyridine rings is 1. The molecule has 0 bridgehead atoms. The zero-order chi connectivity index (χ0) is 12.1. The van der Waals surface area contributed by atoms with Crippen molar-refractivity contribution in [3.05, 3.63) is 48.2 Å². The molecule has 2 aromatic rings. The monoisotopic (exact) mass is 231 g/mol. The third kappa shape index (κ3) is 2.95. The summed E-state index contributed by atoms with van der Waals surface area (Å²) in [5.74, 6) is 1.82. The molecule has 0 saturated carbocycles. The first kappa shape index (κ1) is 11.4. The number of aliphatic hydroxyl groups excluding tert-OH is 1. The Hall–Kier alpha value is -2.07. The molecule has 0 unspecified atom stereocenters. The predicted molar refractivity (Wildman–Crippen MR) is 63.2 cm³/mol. The van der Waals surface area contributed by atoms with E-state index >= 15 is 0 Å². The second kappa shape index (κ2) is 5.32. The highest BCUT2D eigenvalue weighted by Gasteiger charge is 2.00. The van der Waals surface area contributed by atoms with E-state index in [9.17, 15) is 0 Å². The Morgan fingerprint density at radius 3 is 2.71 bits per heavy atom. The summed E-state index contributed by atoms with van der Waals surface area (Å²) in [6, 6.07) is 10.7. The highest BCUT2D eigenvalue weighted by molar-refractivity contribution is 5.32. The van der Waals surface area contributed by atoms with E-state index in [0.717, 1.165) is 5.56 Å². The van der Waals surface area contributed by atoms with Gasteiger partial charge >= 0.3 is 0 Å². The molecular formula is C13H13NO3. The number of aromatic nitrogens is 1. The first-order chi connectivity index (χ1) is 8.31. The van der Waals surface area contributed by atoms with E-state index in [2.05, 4.69) is 4.98 Å². The molecule has 0 aliphatic carbocycles. The number of nitrogens with zero attached hydrogens (tertiary/aromatic N) is 1. The Morgan fingerprint density at radius 2 is 2.06 bits per heavy atom. The summed E-state index contributed by atoms with van der Waals surface area (Å²) in [5, 5.41) is 9.01. The minimum atomic E-state index is -0.00671. The van der Waals surface area contributed by atoms with Crippen molar-refractivity contribution in [3.8, 4) is 17.4 Å². The first-order valence-corrected chi connectivity index (χ1v) is 5.19. The van der Waals surface area contributed by atoms with E-state index in [1.165, 1.54) is 0 Å².